The molecule has 170 valence electrons. The summed E-state index contributed by atoms with van der Waals surface area (Å²) in [6, 6.07) is 12.1. The molecule has 3 rings (SSSR count). The SMILES string of the molecule is CC(C)CC(=O)N1C[C@@H](Oc2ccc(C(=O)O)cc2)CC1COc1ccc(C(=O)O)cc1. The number of carboxylic acids is 2. The smallest absolute Gasteiger partial charge is 0.335 e. The summed E-state index contributed by atoms with van der Waals surface area (Å²) in [7, 11) is 0. The van der Waals surface area contributed by atoms with E-state index in [2.05, 4.69) is 0 Å². The predicted molar refractivity (Wildman–Crippen MR) is 116 cm³/mol. The monoisotopic (exact) mass is 441 g/mol. The van der Waals surface area contributed by atoms with E-state index in [1.165, 1.54) is 24.3 Å². The van der Waals surface area contributed by atoms with Gasteiger partial charge in [-0.05, 0) is 54.4 Å². The van der Waals surface area contributed by atoms with Crippen LogP contribution in [0, 0.1) is 5.92 Å². The van der Waals surface area contributed by atoms with E-state index in [4.69, 9.17) is 19.7 Å². The van der Waals surface area contributed by atoms with Crippen LogP contribution in [-0.2, 0) is 4.79 Å². The molecule has 0 saturated carbocycles. The minimum atomic E-state index is -1.01. The van der Waals surface area contributed by atoms with E-state index in [1.807, 2.05) is 13.8 Å². The van der Waals surface area contributed by atoms with Crippen LogP contribution in [0.4, 0.5) is 0 Å². The molecule has 0 aromatic heterocycles. The second-order valence-corrected chi connectivity index (χ2v) is 8.24. The summed E-state index contributed by atoms with van der Waals surface area (Å²) in [6.07, 6.45) is 0.742. The molecule has 0 radical (unpaired) electrons. The average molecular weight is 441 g/mol. The van der Waals surface area contributed by atoms with Gasteiger partial charge in [0.2, 0.25) is 5.91 Å². The van der Waals surface area contributed by atoms with Gasteiger partial charge in [0.05, 0.1) is 23.7 Å². The fourth-order valence-corrected chi connectivity index (χ4v) is 3.64. The Morgan fingerprint density at radius 3 is 1.97 bits per heavy atom. The van der Waals surface area contributed by atoms with Gasteiger partial charge in [0, 0.05) is 12.8 Å². The van der Waals surface area contributed by atoms with Crippen LogP contribution in [0.15, 0.2) is 48.5 Å². The molecule has 0 aliphatic carbocycles. The number of amides is 1. The highest BCUT2D eigenvalue weighted by Crippen LogP contribution is 2.26. The lowest BCUT2D eigenvalue weighted by molar-refractivity contribution is -0.133. The zero-order valence-electron chi connectivity index (χ0n) is 18.1. The first-order chi connectivity index (χ1) is 15.2. The van der Waals surface area contributed by atoms with Crippen molar-refractivity contribution in [3.63, 3.8) is 0 Å². The number of aromatic carboxylic acids is 2. The molecule has 0 bridgehead atoms. The molecule has 1 amide bonds. The van der Waals surface area contributed by atoms with Gasteiger partial charge in [0.1, 0.15) is 24.2 Å². The van der Waals surface area contributed by atoms with Gasteiger partial charge in [-0.15, -0.1) is 0 Å². The van der Waals surface area contributed by atoms with E-state index in [-0.39, 0.29) is 41.7 Å². The number of ether oxygens (including phenoxy) is 2. The van der Waals surface area contributed by atoms with Gasteiger partial charge in [-0.3, -0.25) is 4.79 Å². The van der Waals surface area contributed by atoms with Gasteiger partial charge < -0.3 is 24.6 Å². The van der Waals surface area contributed by atoms with Crippen LogP contribution in [-0.4, -0.2) is 58.3 Å². The Labute approximate surface area is 186 Å². The van der Waals surface area contributed by atoms with E-state index in [0.717, 1.165) is 0 Å². The number of benzene rings is 2. The Kier molecular flexibility index (Phi) is 7.35. The number of carbonyl (C=O) groups is 3. The maximum atomic E-state index is 12.8. The third-order valence-corrected chi connectivity index (χ3v) is 5.23. The molecule has 2 atom stereocenters. The Bertz CT molecular complexity index is 953. The molecule has 1 saturated heterocycles. The number of likely N-dealkylation sites (tertiary alicyclic amines) is 1. The van der Waals surface area contributed by atoms with Crippen molar-refractivity contribution >= 4 is 17.8 Å². The lowest BCUT2D eigenvalue weighted by atomic mass is 10.1. The lowest BCUT2D eigenvalue weighted by Crippen LogP contribution is -2.39. The molecule has 0 spiro atoms. The van der Waals surface area contributed by atoms with Crippen LogP contribution in [0.2, 0.25) is 0 Å². The van der Waals surface area contributed by atoms with Gasteiger partial charge in [0.15, 0.2) is 0 Å². The molecule has 2 N–H and O–H groups in total. The predicted octanol–water partition coefficient (Wildman–Crippen LogP) is 3.56. The maximum Gasteiger partial charge on any atom is 0.335 e. The van der Waals surface area contributed by atoms with Crippen molar-refractivity contribution in [3.05, 3.63) is 59.7 Å². The first kappa shape index (κ1) is 23.1. The zero-order chi connectivity index (χ0) is 23.3. The Hall–Kier alpha value is -3.55. The topological polar surface area (TPSA) is 113 Å². The molecule has 1 fully saturated rings. The minimum Gasteiger partial charge on any atom is -0.491 e. The van der Waals surface area contributed by atoms with Crippen LogP contribution < -0.4 is 9.47 Å². The molecule has 2 aromatic rings. The van der Waals surface area contributed by atoms with Crippen LogP contribution in [0.25, 0.3) is 0 Å². The van der Waals surface area contributed by atoms with Crippen LogP contribution in [0.3, 0.4) is 0 Å². The van der Waals surface area contributed by atoms with E-state index in [0.29, 0.717) is 30.9 Å². The highest BCUT2D eigenvalue weighted by Gasteiger charge is 2.37. The van der Waals surface area contributed by atoms with Crippen molar-refractivity contribution in [2.45, 2.75) is 38.8 Å². The van der Waals surface area contributed by atoms with E-state index < -0.39 is 11.9 Å². The summed E-state index contributed by atoms with van der Waals surface area (Å²) in [5, 5.41) is 18.0. The summed E-state index contributed by atoms with van der Waals surface area (Å²) in [5.41, 5.74) is 0.354. The Morgan fingerprint density at radius 1 is 0.938 bits per heavy atom. The summed E-state index contributed by atoms with van der Waals surface area (Å²) >= 11 is 0. The number of nitrogens with zero attached hydrogens (tertiary/aromatic N) is 1. The van der Waals surface area contributed by atoms with Crippen molar-refractivity contribution in [1.82, 2.24) is 4.90 Å². The second-order valence-electron chi connectivity index (χ2n) is 8.24. The van der Waals surface area contributed by atoms with E-state index in [1.54, 1.807) is 29.2 Å². The number of carbonyl (C=O) groups excluding carboxylic acids is 1. The molecule has 1 unspecified atom stereocenters. The quantitative estimate of drug-likeness (QED) is 0.612. The molecule has 1 heterocycles. The van der Waals surface area contributed by atoms with Crippen molar-refractivity contribution < 1.29 is 34.1 Å². The van der Waals surface area contributed by atoms with Gasteiger partial charge in [-0.1, -0.05) is 13.8 Å². The second kappa shape index (κ2) is 10.2. The molecular weight excluding hydrogens is 414 g/mol. The number of rotatable bonds is 9. The molecule has 2 aromatic carbocycles. The maximum absolute atomic E-state index is 12.8. The standard InChI is InChI=1S/C24H27NO7/c1-15(2)11-22(26)25-13-21(32-20-9-5-17(6-10-20)24(29)30)12-18(25)14-31-19-7-3-16(4-8-19)23(27)28/h3-10,15,18,21H,11-14H2,1-2H3,(H,27,28)(H,29,30)/t18?,21-/m0/s1. The van der Waals surface area contributed by atoms with Crippen LogP contribution >= 0.6 is 0 Å². The van der Waals surface area contributed by atoms with E-state index in [9.17, 15) is 14.4 Å². The first-order valence-electron chi connectivity index (χ1n) is 10.5. The summed E-state index contributed by atoms with van der Waals surface area (Å²) in [5.74, 6) is -0.689. The molecular formula is C24H27NO7. The molecule has 1 aliphatic rings. The molecule has 1 aliphatic heterocycles. The van der Waals surface area contributed by atoms with Crippen molar-refractivity contribution in [2.24, 2.45) is 5.92 Å². The highest BCUT2D eigenvalue weighted by atomic mass is 16.5. The third-order valence-electron chi connectivity index (χ3n) is 5.23. The van der Waals surface area contributed by atoms with Crippen molar-refractivity contribution in [2.75, 3.05) is 13.2 Å². The molecule has 8 nitrogen and oxygen atoms in total. The fourth-order valence-electron chi connectivity index (χ4n) is 3.64. The van der Waals surface area contributed by atoms with Crippen LogP contribution in [0.1, 0.15) is 47.4 Å². The first-order valence-corrected chi connectivity index (χ1v) is 10.5. The summed E-state index contributed by atoms with van der Waals surface area (Å²) in [6.45, 7) is 4.65. The van der Waals surface area contributed by atoms with Gasteiger partial charge in [0.25, 0.3) is 0 Å². The van der Waals surface area contributed by atoms with Gasteiger partial charge in [-0.2, -0.15) is 0 Å². The normalized spacial score (nSPS) is 17.9. The number of carboxylic acid groups (broad SMARTS) is 2. The van der Waals surface area contributed by atoms with E-state index >= 15 is 0 Å². The average Bonchev–Trinajstić information content (AvgIpc) is 3.15. The molecule has 8 heteroatoms. The van der Waals surface area contributed by atoms with Crippen molar-refractivity contribution in [1.29, 1.82) is 0 Å². The fraction of sp³-hybridized carbons (Fsp3) is 0.375. The van der Waals surface area contributed by atoms with Gasteiger partial charge >= 0.3 is 11.9 Å². The molecule has 32 heavy (non-hydrogen) atoms. The largest absolute Gasteiger partial charge is 0.491 e. The number of hydrogen-bond acceptors (Lipinski definition) is 5. The highest BCUT2D eigenvalue weighted by molar-refractivity contribution is 5.88. The lowest BCUT2D eigenvalue weighted by Gasteiger charge is -2.25. The van der Waals surface area contributed by atoms with Crippen molar-refractivity contribution in [3.8, 4) is 11.5 Å². The van der Waals surface area contributed by atoms with Crippen LogP contribution in [0.5, 0.6) is 11.5 Å². The summed E-state index contributed by atoms with van der Waals surface area (Å²) in [4.78, 5) is 36.6. The third kappa shape index (κ3) is 6.00. The minimum absolute atomic E-state index is 0.0298. The zero-order valence-corrected chi connectivity index (χ0v) is 18.1. The van der Waals surface area contributed by atoms with Gasteiger partial charge in [-0.25, -0.2) is 9.59 Å². The Balaban J connectivity index is 1.66. The number of hydrogen-bond donors (Lipinski definition) is 2. The summed E-state index contributed by atoms with van der Waals surface area (Å²) < 4.78 is 11.9. The Morgan fingerprint density at radius 2 is 1.47 bits per heavy atom.